The van der Waals surface area contributed by atoms with Gasteiger partial charge in [-0.2, -0.15) is 0 Å². The molecule has 2 unspecified atom stereocenters. The Labute approximate surface area is 33.2 Å². The van der Waals surface area contributed by atoms with E-state index < -0.39 is 0 Å². The summed E-state index contributed by atoms with van der Waals surface area (Å²) < 4.78 is 0. The third-order valence-corrected chi connectivity index (χ3v) is 0.885. The SMILES string of the molecule is [B]C1NC1C. The molecule has 1 fully saturated rings. The van der Waals surface area contributed by atoms with Crippen LogP contribution in [0.15, 0.2) is 0 Å². The van der Waals surface area contributed by atoms with Crippen molar-refractivity contribution < 1.29 is 0 Å². The van der Waals surface area contributed by atoms with Gasteiger partial charge in [0, 0.05) is 6.04 Å². The van der Waals surface area contributed by atoms with Crippen molar-refractivity contribution in [2.24, 2.45) is 0 Å². The van der Waals surface area contributed by atoms with Gasteiger partial charge in [0.05, 0.1) is 7.85 Å². The van der Waals surface area contributed by atoms with Crippen LogP contribution in [0.5, 0.6) is 0 Å². The highest BCUT2D eigenvalue weighted by atomic mass is 15.1. The second-order valence-corrected chi connectivity index (χ2v) is 1.48. The van der Waals surface area contributed by atoms with E-state index in [0.717, 1.165) is 0 Å². The predicted octanol–water partition coefficient (Wildman–Crippen LogP) is -0.527. The molecule has 0 saturated carbocycles. The van der Waals surface area contributed by atoms with Crippen molar-refractivity contribution in [2.75, 3.05) is 0 Å². The van der Waals surface area contributed by atoms with Gasteiger partial charge in [-0.15, -0.1) is 0 Å². The second-order valence-electron chi connectivity index (χ2n) is 1.48. The molecule has 1 heterocycles. The lowest BCUT2D eigenvalue weighted by Crippen LogP contribution is -1.83. The molecule has 0 bridgehead atoms. The minimum atomic E-state index is 0.301. The van der Waals surface area contributed by atoms with Crippen molar-refractivity contribution in [3.05, 3.63) is 0 Å². The van der Waals surface area contributed by atoms with Crippen LogP contribution in [0.1, 0.15) is 6.92 Å². The summed E-state index contributed by atoms with van der Waals surface area (Å²) in [5.74, 6) is 0.301. The molecule has 1 aliphatic rings. The van der Waals surface area contributed by atoms with E-state index >= 15 is 0 Å². The van der Waals surface area contributed by atoms with Crippen molar-refractivity contribution in [3.63, 3.8) is 0 Å². The summed E-state index contributed by atoms with van der Waals surface area (Å²) in [6.07, 6.45) is 0. The number of rotatable bonds is 0. The van der Waals surface area contributed by atoms with Gasteiger partial charge in [0.15, 0.2) is 0 Å². The Bertz CT molecular complexity index is 40.2. The molecule has 2 heteroatoms. The van der Waals surface area contributed by atoms with E-state index in [0.29, 0.717) is 12.0 Å². The van der Waals surface area contributed by atoms with Crippen LogP contribution >= 0.6 is 0 Å². The van der Waals surface area contributed by atoms with Crippen LogP contribution in [0.2, 0.25) is 0 Å². The van der Waals surface area contributed by atoms with Crippen LogP contribution in [-0.2, 0) is 0 Å². The first-order chi connectivity index (χ1) is 2.30. The Morgan fingerprint density at radius 1 is 1.80 bits per heavy atom. The molecule has 0 spiro atoms. The quantitative estimate of drug-likeness (QED) is 0.298. The number of hydrogen-bond acceptors (Lipinski definition) is 1. The summed E-state index contributed by atoms with van der Waals surface area (Å²) in [5, 5.41) is 2.97. The van der Waals surface area contributed by atoms with Crippen molar-refractivity contribution in [2.45, 2.75) is 18.9 Å². The standard InChI is InChI=1S/C3H6BN/c1-2-3(4)5-2/h2-3,5H,1H3. The summed E-state index contributed by atoms with van der Waals surface area (Å²) >= 11 is 0. The third kappa shape index (κ3) is 0.455. The molecule has 0 amide bonds. The van der Waals surface area contributed by atoms with E-state index in [-0.39, 0.29) is 0 Å². The van der Waals surface area contributed by atoms with E-state index in [1.807, 2.05) is 0 Å². The molecular formula is C3H6BN. The maximum Gasteiger partial charge on any atom is 0.0928 e. The lowest BCUT2D eigenvalue weighted by molar-refractivity contribution is 1.09. The molecule has 5 heavy (non-hydrogen) atoms. The first-order valence-electron chi connectivity index (χ1n) is 1.82. The Kier molecular flexibility index (Phi) is 0.481. The highest BCUT2D eigenvalue weighted by molar-refractivity contribution is 6.14. The molecule has 1 saturated heterocycles. The van der Waals surface area contributed by atoms with Gasteiger partial charge in [0.1, 0.15) is 0 Å². The van der Waals surface area contributed by atoms with Crippen molar-refractivity contribution in [3.8, 4) is 0 Å². The lowest BCUT2D eigenvalue weighted by Gasteiger charge is -1.61. The minimum Gasteiger partial charge on any atom is -0.318 e. The van der Waals surface area contributed by atoms with Gasteiger partial charge in [-0.25, -0.2) is 0 Å². The smallest absolute Gasteiger partial charge is 0.0928 e. The van der Waals surface area contributed by atoms with E-state index in [4.69, 9.17) is 7.85 Å². The summed E-state index contributed by atoms with van der Waals surface area (Å²) in [7, 11) is 5.25. The van der Waals surface area contributed by atoms with E-state index in [9.17, 15) is 0 Å². The fraction of sp³-hybridized carbons (Fsp3) is 1.00. The largest absolute Gasteiger partial charge is 0.318 e. The zero-order valence-corrected chi connectivity index (χ0v) is 3.23. The van der Waals surface area contributed by atoms with Crippen molar-refractivity contribution in [1.82, 2.24) is 5.32 Å². The molecule has 0 aromatic rings. The van der Waals surface area contributed by atoms with Gasteiger partial charge in [0.25, 0.3) is 0 Å². The molecule has 1 N–H and O–H groups in total. The molecule has 1 nitrogen and oxygen atoms in total. The molecule has 1 rings (SSSR count). The number of hydrogen-bond donors (Lipinski definition) is 1. The van der Waals surface area contributed by atoms with Gasteiger partial charge < -0.3 is 5.32 Å². The Morgan fingerprint density at radius 2 is 2.00 bits per heavy atom. The topological polar surface area (TPSA) is 21.9 Å². The van der Waals surface area contributed by atoms with Gasteiger partial charge in [-0.3, -0.25) is 0 Å². The fourth-order valence-electron chi connectivity index (χ4n) is 0.248. The summed E-state index contributed by atoms with van der Waals surface area (Å²) in [6, 6.07) is 0.579. The molecule has 0 aliphatic carbocycles. The second kappa shape index (κ2) is 0.746. The lowest BCUT2D eigenvalue weighted by atomic mass is 10.0. The zero-order valence-electron chi connectivity index (χ0n) is 3.23. The first-order valence-corrected chi connectivity index (χ1v) is 1.82. The average molecular weight is 66.9 g/mol. The van der Waals surface area contributed by atoms with Crippen LogP contribution in [0, 0.1) is 0 Å². The monoisotopic (exact) mass is 67.1 g/mol. The van der Waals surface area contributed by atoms with Gasteiger partial charge >= 0.3 is 0 Å². The summed E-state index contributed by atoms with van der Waals surface area (Å²) in [4.78, 5) is 0. The van der Waals surface area contributed by atoms with Crippen molar-refractivity contribution >= 4 is 7.85 Å². The fourth-order valence-corrected chi connectivity index (χ4v) is 0.248. The highest BCUT2D eigenvalue weighted by Crippen LogP contribution is 2.01. The Balaban J connectivity index is 2.20. The summed E-state index contributed by atoms with van der Waals surface area (Å²) in [5.41, 5.74) is 0. The maximum atomic E-state index is 5.25. The molecular weight excluding hydrogens is 60.9 g/mol. The first kappa shape index (κ1) is 3.22. The number of nitrogens with one attached hydrogen (secondary N) is 1. The van der Waals surface area contributed by atoms with Gasteiger partial charge in [-0.05, 0) is 12.9 Å². The van der Waals surface area contributed by atoms with Crippen LogP contribution in [-0.4, -0.2) is 19.8 Å². The minimum absolute atomic E-state index is 0.301. The van der Waals surface area contributed by atoms with Crippen LogP contribution in [0.3, 0.4) is 0 Å². The predicted molar refractivity (Wildman–Crippen MR) is 22.1 cm³/mol. The van der Waals surface area contributed by atoms with Gasteiger partial charge in [-0.1, -0.05) is 0 Å². The maximum absolute atomic E-state index is 5.25. The summed E-state index contributed by atoms with van der Waals surface area (Å²) in [6.45, 7) is 2.06. The van der Waals surface area contributed by atoms with E-state index in [1.54, 1.807) is 0 Å². The Hall–Kier alpha value is 0.0249. The molecule has 2 atom stereocenters. The van der Waals surface area contributed by atoms with Crippen molar-refractivity contribution in [1.29, 1.82) is 0 Å². The van der Waals surface area contributed by atoms with E-state index in [2.05, 4.69) is 12.2 Å². The van der Waals surface area contributed by atoms with Gasteiger partial charge in [0.2, 0.25) is 0 Å². The molecule has 26 valence electrons. The highest BCUT2D eigenvalue weighted by Gasteiger charge is 2.23. The zero-order chi connectivity index (χ0) is 3.86. The average Bonchev–Trinajstić information content (AvgIpc) is 1.79. The molecule has 2 radical (unpaired) electrons. The molecule has 0 aromatic heterocycles. The Morgan fingerprint density at radius 3 is 2.00 bits per heavy atom. The van der Waals surface area contributed by atoms with E-state index in [1.165, 1.54) is 0 Å². The van der Waals surface area contributed by atoms with Crippen LogP contribution in [0.4, 0.5) is 0 Å². The van der Waals surface area contributed by atoms with Crippen LogP contribution in [0.25, 0.3) is 0 Å². The normalized spacial score (nSPS) is 49.0. The molecule has 1 aliphatic heterocycles. The third-order valence-electron chi connectivity index (χ3n) is 0.885. The molecule has 0 aromatic carbocycles. The van der Waals surface area contributed by atoms with Crippen LogP contribution < -0.4 is 5.32 Å².